The van der Waals surface area contributed by atoms with Gasteiger partial charge in [0.25, 0.3) is 5.91 Å². The zero-order valence-electron chi connectivity index (χ0n) is 15.2. The van der Waals surface area contributed by atoms with E-state index in [0.29, 0.717) is 29.5 Å². The first kappa shape index (κ1) is 18.3. The van der Waals surface area contributed by atoms with Crippen LogP contribution in [-0.4, -0.2) is 41.0 Å². The molecule has 1 N–H and O–H groups in total. The second-order valence-corrected chi connectivity index (χ2v) is 6.19. The molecule has 3 rings (SSSR count). The fourth-order valence-corrected chi connectivity index (χ4v) is 2.45. The maximum Gasteiger partial charge on any atom is 0.253 e. The largest absolute Gasteiger partial charge is 0.421 e. The van der Waals surface area contributed by atoms with Crippen LogP contribution in [0.5, 0.6) is 0 Å². The van der Waals surface area contributed by atoms with Crippen molar-refractivity contribution in [2.75, 3.05) is 19.4 Å². The average molecular weight is 364 g/mol. The highest BCUT2D eigenvalue weighted by Gasteiger charge is 2.11. The van der Waals surface area contributed by atoms with Gasteiger partial charge in [-0.2, -0.15) is 0 Å². The Morgan fingerprint density at radius 3 is 2.37 bits per heavy atom. The summed E-state index contributed by atoms with van der Waals surface area (Å²) < 4.78 is 5.59. The molecule has 0 saturated heterocycles. The standard InChI is InChI=1S/C20H20N4O3/c1-24(2)20(26)15-8-10-16(11-9-15)21-17(25)12-13-18-22-23-19(27-18)14-6-4-3-5-7-14/h3-11H,12-13H2,1-2H3,(H,21,25). The number of benzene rings is 2. The summed E-state index contributed by atoms with van der Waals surface area (Å²) in [7, 11) is 3.39. The van der Waals surface area contributed by atoms with Gasteiger partial charge in [-0.1, -0.05) is 18.2 Å². The third kappa shape index (κ3) is 4.78. The predicted molar refractivity (Wildman–Crippen MR) is 101 cm³/mol. The van der Waals surface area contributed by atoms with Crippen LogP contribution in [0, 0.1) is 0 Å². The van der Waals surface area contributed by atoms with Gasteiger partial charge in [-0.05, 0) is 36.4 Å². The first-order valence-electron chi connectivity index (χ1n) is 8.52. The van der Waals surface area contributed by atoms with Crippen molar-refractivity contribution in [3.63, 3.8) is 0 Å². The van der Waals surface area contributed by atoms with Crippen molar-refractivity contribution in [1.29, 1.82) is 0 Å². The number of carbonyl (C=O) groups excluding carboxylic acids is 2. The predicted octanol–water partition coefficient (Wildman–Crippen LogP) is 3.01. The van der Waals surface area contributed by atoms with E-state index < -0.39 is 0 Å². The lowest BCUT2D eigenvalue weighted by Gasteiger charge is -2.10. The SMILES string of the molecule is CN(C)C(=O)c1ccc(NC(=O)CCc2nnc(-c3ccccc3)o2)cc1. The van der Waals surface area contributed by atoms with Crippen LogP contribution in [-0.2, 0) is 11.2 Å². The van der Waals surface area contributed by atoms with Crippen LogP contribution in [0.25, 0.3) is 11.5 Å². The Kier molecular flexibility index (Phi) is 5.61. The zero-order chi connectivity index (χ0) is 19.2. The molecule has 2 amide bonds. The van der Waals surface area contributed by atoms with Gasteiger partial charge in [0.1, 0.15) is 0 Å². The highest BCUT2D eigenvalue weighted by molar-refractivity contribution is 5.95. The Bertz CT molecular complexity index is 918. The van der Waals surface area contributed by atoms with E-state index in [1.807, 2.05) is 30.3 Å². The van der Waals surface area contributed by atoms with Crippen molar-refractivity contribution < 1.29 is 14.0 Å². The number of anilines is 1. The number of nitrogens with zero attached hydrogens (tertiary/aromatic N) is 3. The Balaban J connectivity index is 1.53. The number of hydrogen-bond donors (Lipinski definition) is 1. The van der Waals surface area contributed by atoms with E-state index in [1.165, 1.54) is 4.90 Å². The number of carbonyl (C=O) groups is 2. The van der Waals surface area contributed by atoms with Gasteiger partial charge < -0.3 is 14.6 Å². The lowest BCUT2D eigenvalue weighted by molar-refractivity contribution is -0.116. The van der Waals surface area contributed by atoms with Crippen molar-refractivity contribution in [1.82, 2.24) is 15.1 Å². The van der Waals surface area contributed by atoms with Crippen LogP contribution in [0.1, 0.15) is 22.7 Å². The van der Waals surface area contributed by atoms with Gasteiger partial charge in [-0.25, -0.2) is 0 Å². The minimum Gasteiger partial charge on any atom is -0.421 e. The summed E-state index contributed by atoms with van der Waals surface area (Å²) in [5.74, 6) is 0.600. The number of amides is 2. The molecule has 0 fully saturated rings. The zero-order valence-corrected chi connectivity index (χ0v) is 15.2. The molecule has 0 spiro atoms. The normalized spacial score (nSPS) is 10.4. The molecule has 0 bridgehead atoms. The molecule has 0 aliphatic carbocycles. The average Bonchev–Trinajstić information content (AvgIpc) is 3.16. The quantitative estimate of drug-likeness (QED) is 0.726. The van der Waals surface area contributed by atoms with Gasteiger partial charge in [0.05, 0.1) is 0 Å². The third-order valence-corrected chi connectivity index (χ3v) is 3.88. The monoisotopic (exact) mass is 364 g/mol. The third-order valence-electron chi connectivity index (χ3n) is 3.88. The highest BCUT2D eigenvalue weighted by atomic mass is 16.4. The summed E-state index contributed by atoms with van der Waals surface area (Å²) in [5, 5.41) is 10.8. The molecule has 7 heteroatoms. The molecule has 0 radical (unpaired) electrons. The van der Waals surface area contributed by atoms with Crippen LogP contribution < -0.4 is 5.32 Å². The first-order chi connectivity index (χ1) is 13.0. The van der Waals surface area contributed by atoms with Crippen LogP contribution in [0.15, 0.2) is 59.0 Å². The summed E-state index contributed by atoms with van der Waals surface area (Å²) >= 11 is 0. The summed E-state index contributed by atoms with van der Waals surface area (Å²) in [6.45, 7) is 0. The molecule has 1 heterocycles. The van der Waals surface area contributed by atoms with Crippen molar-refractivity contribution in [2.24, 2.45) is 0 Å². The molecular weight excluding hydrogens is 344 g/mol. The second kappa shape index (κ2) is 8.27. The van der Waals surface area contributed by atoms with Crippen LogP contribution in [0.4, 0.5) is 5.69 Å². The molecule has 2 aromatic carbocycles. The molecule has 0 saturated carbocycles. The molecule has 0 unspecified atom stereocenters. The number of nitrogens with one attached hydrogen (secondary N) is 1. The van der Waals surface area contributed by atoms with E-state index in [4.69, 9.17) is 4.42 Å². The minimum absolute atomic E-state index is 0.0847. The second-order valence-electron chi connectivity index (χ2n) is 6.19. The van der Waals surface area contributed by atoms with E-state index in [9.17, 15) is 9.59 Å². The van der Waals surface area contributed by atoms with Crippen LogP contribution in [0.3, 0.4) is 0 Å². The summed E-state index contributed by atoms with van der Waals surface area (Å²) in [6, 6.07) is 16.2. The van der Waals surface area contributed by atoms with E-state index >= 15 is 0 Å². The number of hydrogen-bond acceptors (Lipinski definition) is 5. The van der Waals surface area contributed by atoms with Crippen LogP contribution in [0.2, 0.25) is 0 Å². The maximum absolute atomic E-state index is 12.1. The number of aromatic nitrogens is 2. The van der Waals surface area contributed by atoms with Gasteiger partial charge in [-0.15, -0.1) is 10.2 Å². The van der Waals surface area contributed by atoms with Crippen molar-refractivity contribution >= 4 is 17.5 Å². The number of rotatable bonds is 6. The van der Waals surface area contributed by atoms with Gasteiger partial charge >= 0.3 is 0 Å². The van der Waals surface area contributed by atoms with Crippen molar-refractivity contribution in [2.45, 2.75) is 12.8 Å². The Hall–Kier alpha value is -3.48. The molecule has 7 nitrogen and oxygen atoms in total. The molecule has 3 aromatic rings. The van der Waals surface area contributed by atoms with Gasteiger partial charge in [0, 0.05) is 43.8 Å². The molecule has 0 atom stereocenters. The van der Waals surface area contributed by atoms with Crippen molar-refractivity contribution in [3.05, 3.63) is 66.1 Å². The molecule has 0 aliphatic rings. The van der Waals surface area contributed by atoms with E-state index in [1.54, 1.807) is 38.4 Å². The fraction of sp³-hybridized carbons (Fsp3) is 0.200. The summed E-state index contributed by atoms with van der Waals surface area (Å²) in [4.78, 5) is 25.5. The van der Waals surface area contributed by atoms with Gasteiger partial charge in [-0.3, -0.25) is 9.59 Å². The minimum atomic E-state index is -0.166. The lowest BCUT2D eigenvalue weighted by atomic mass is 10.2. The van der Waals surface area contributed by atoms with Gasteiger partial charge in [0.2, 0.25) is 17.7 Å². The highest BCUT2D eigenvalue weighted by Crippen LogP contribution is 2.18. The molecule has 27 heavy (non-hydrogen) atoms. The molecular formula is C20H20N4O3. The van der Waals surface area contributed by atoms with Gasteiger partial charge in [0.15, 0.2) is 0 Å². The lowest BCUT2D eigenvalue weighted by Crippen LogP contribution is -2.21. The Morgan fingerprint density at radius 1 is 1.00 bits per heavy atom. The van der Waals surface area contributed by atoms with Crippen LogP contribution >= 0.6 is 0 Å². The van der Waals surface area contributed by atoms with E-state index in [0.717, 1.165) is 5.56 Å². The van der Waals surface area contributed by atoms with Crippen molar-refractivity contribution in [3.8, 4) is 11.5 Å². The molecule has 0 aliphatic heterocycles. The fourth-order valence-electron chi connectivity index (χ4n) is 2.45. The smallest absolute Gasteiger partial charge is 0.253 e. The topological polar surface area (TPSA) is 88.3 Å². The maximum atomic E-state index is 12.1. The molecule has 138 valence electrons. The number of aryl methyl sites for hydroxylation is 1. The summed E-state index contributed by atoms with van der Waals surface area (Å²) in [6.07, 6.45) is 0.567. The van der Waals surface area contributed by atoms with E-state index in [2.05, 4.69) is 15.5 Å². The Morgan fingerprint density at radius 2 is 1.70 bits per heavy atom. The van der Waals surface area contributed by atoms with E-state index in [-0.39, 0.29) is 18.2 Å². The Labute approximate surface area is 157 Å². The first-order valence-corrected chi connectivity index (χ1v) is 8.52. The summed E-state index contributed by atoms with van der Waals surface area (Å²) in [5.41, 5.74) is 2.04. The molecule has 1 aromatic heterocycles.